The van der Waals surface area contributed by atoms with Gasteiger partial charge in [-0.3, -0.25) is 4.79 Å². The minimum absolute atomic E-state index is 0.299. The number of carboxylic acids is 1. The van der Waals surface area contributed by atoms with E-state index in [1.54, 1.807) is 27.7 Å². The second kappa shape index (κ2) is 8.19. The molecular formula is C15H23NO4. The van der Waals surface area contributed by atoms with Crippen LogP contribution in [-0.2, 0) is 16.0 Å². The van der Waals surface area contributed by atoms with Crippen molar-refractivity contribution >= 4 is 12.1 Å². The summed E-state index contributed by atoms with van der Waals surface area (Å²) >= 11 is 0. The molecule has 0 saturated heterocycles. The van der Waals surface area contributed by atoms with Gasteiger partial charge < -0.3 is 15.6 Å². The van der Waals surface area contributed by atoms with Crippen LogP contribution in [0.5, 0.6) is 0 Å². The minimum atomic E-state index is -0.737. The van der Waals surface area contributed by atoms with E-state index >= 15 is 0 Å². The summed E-state index contributed by atoms with van der Waals surface area (Å²) in [6.45, 7) is 7.00. The van der Waals surface area contributed by atoms with E-state index in [2.05, 4.69) is 4.74 Å². The van der Waals surface area contributed by atoms with Crippen LogP contribution >= 0.6 is 0 Å². The molecule has 5 heteroatoms. The molecule has 112 valence electrons. The van der Waals surface area contributed by atoms with Crippen LogP contribution in [0.25, 0.3) is 0 Å². The highest BCUT2D eigenvalue weighted by Gasteiger charge is 2.12. The van der Waals surface area contributed by atoms with Crippen molar-refractivity contribution in [2.75, 3.05) is 0 Å². The lowest BCUT2D eigenvalue weighted by Crippen LogP contribution is -2.27. The van der Waals surface area contributed by atoms with Crippen LogP contribution in [0.4, 0.5) is 4.79 Å². The third kappa shape index (κ3) is 9.94. The van der Waals surface area contributed by atoms with Crippen LogP contribution in [-0.4, -0.2) is 22.8 Å². The van der Waals surface area contributed by atoms with E-state index < -0.39 is 17.7 Å². The molecule has 0 bridgehead atoms. The first kappa shape index (κ1) is 18.0. The third-order valence-electron chi connectivity index (χ3n) is 2.21. The van der Waals surface area contributed by atoms with Crippen molar-refractivity contribution in [2.24, 2.45) is 11.7 Å². The summed E-state index contributed by atoms with van der Waals surface area (Å²) in [6.07, 6.45) is -0.117. The molecule has 0 aliphatic carbocycles. The largest absolute Gasteiger partial charge is 0.481 e. The first-order chi connectivity index (χ1) is 9.11. The molecule has 1 aromatic rings. The molecule has 0 spiro atoms. The maximum absolute atomic E-state index is 10.5. The Morgan fingerprint density at radius 3 is 2.05 bits per heavy atom. The van der Waals surface area contributed by atoms with Gasteiger partial charge in [0, 0.05) is 0 Å². The smallest absolute Gasteiger partial charge is 0.405 e. The van der Waals surface area contributed by atoms with Crippen LogP contribution < -0.4 is 5.73 Å². The molecule has 0 heterocycles. The monoisotopic (exact) mass is 281 g/mol. The molecule has 0 radical (unpaired) electrons. The zero-order valence-corrected chi connectivity index (χ0v) is 12.4. The molecule has 0 aromatic heterocycles. The number of ether oxygens (including phenoxy) is 1. The molecule has 0 saturated carbocycles. The van der Waals surface area contributed by atoms with Gasteiger partial charge in [0.1, 0.15) is 5.60 Å². The lowest BCUT2D eigenvalue weighted by atomic mass is 10.0. The lowest BCUT2D eigenvalue weighted by Gasteiger charge is -2.16. The van der Waals surface area contributed by atoms with Gasteiger partial charge in [-0.1, -0.05) is 37.3 Å². The number of amides is 1. The SMILES string of the molecule is CC(C)(C)OC(N)=O.C[C@H](Cc1ccccc1)C(=O)O. The average Bonchev–Trinajstić information content (AvgIpc) is 2.27. The first-order valence-corrected chi connectivity index (χ1v) is 6.37. The number of nitrogens with two attached hydrogens (primary N) is 1. The van der Waals surface area contributed by atoms with Crippen LogP contribution in [0.2, 0.25) is 0 Å². The van der Waals surface area contributed by atoms with Crippen LogP contribution in [0, 0.1) is 5.92 Å². The van der Waals surface area contributed by atoms with Gasteiger partial charge >= 0.3 is 12.1 Å². The van der Waals surface area contributed by atoms with Crippen molar-refractivity contribution in [3.05, 3.63) is 35.9 Å². The van der Waals surface area contributed by atoms with Gasteiger partial charge in [-0.15, -0.1) is 0 Å². The molecular weight excluding hydrogens is 258 g/mol. The molecule has 0 unspecified atom stereocenters. The highest BCUT2D eigenvalue weighted by molar-refractivity contribution is 5.69. The molecule has 1 atom stereocenters. The number of aliphatic carboxylic acids is 1. The van der Waals surface area contributed by atoms with Crippen LogP contribution in [0.1, 0.15) is 33.3 Å². The Kier molecular flexibility index (Phi) is 7.36. The number of hydrogen-bond donors (Lipinski definition) is 2. The van der Waals surface area contributed by atoms with Gasteiger partial charge in [0.2, 0.25) is 0 Å². The summed E-state index contributed by atoms with van der Waals surface area (Å²) in [5, 5.41) is 8.64. The number of rotatable bonds is 3. The highest BCUT2D eigenvalue weighted by Crippen LogP contribution is 2.07. The molecule has 1 rings (SSSR count). The molecule has 5 nitrogen and oxygen atoms in total. The second-order valence-electron chi connectivity index (χ2n) is 5.46. The summed E-state index contributed by atoms with van der Waals surface area (Å²) in [7, 11) is 0. The normalized spacial score (nSPS) is 11.8. The minimum Gasteiger partial charge on any atom is -0.481 e. The Balaban J connectivity index is 0.000000396. The molecule has 3 N–H and O–H groups in total. The molecule has 0 aliphatic heterocycles. The first-order valence-electron chi connectivity index (χ1n) is 6.37. The summed E-state index contributed by atoms with van der Waals surface area (Å²) in [5.41, 5.74) is 5.34. The predicted molar refractivity (Wildman–Crippen MR) is 77.4 cm³/mol. The van der Waals surface area contributed by atoms with Gasteiger partial charge in [0.25, 0.3) is 0 Å². The van der Waals surface area contributed by atoms with Crippen molar-refractivity contribution in [1.82, 2.24) is 0 Å². The van der Waals surface area contributed by atoms with Crippen molar-refractivity contribution < 1.29 is 19.4 Å². The topological polar surface area (TPSA) is 89.6 Å². The molecule has 0 aliphatic rings. The maximum Gasteiger partial charge on any atom is 0.405 e. The van der Waals surface area contributed by atoms with Crippen molar-refractivity contribution in [3.63, 3.8) is 0 Å². The van der Waals surface area contributed by atoms with E-state index in [4.69, 9.17) is 10.8 Å². The third-order valence-corrected chi connectivity index (χ3v) is 2.21. The fraction of sp³-hybridized carbons (Fsp3) is 0.467. The molecule has 0 fully saturated rings. The van der Waals surface area contributed by atoms with E-state index in [1.807, 2.05) is 30.3 Å². The molecule has 1 aromatic carbocycles. The van der Waals surface area contributed by atoms with Gasteiger partial charge in [0.15, 0.2) is 0 Å². The fourth-order valence-electron chi connectivity index (χ4n) is 1.36. The van der Waals surface area contributed by atoms with E-state index in [1.165, 1.54) is 0 Å². The Hall–Kier alpha value is -2.04. The van der Waals surface area contributed by atoms with E-state index in [9.17, 15) is 9.59 Å². The number of carbonyl (C=O) groups is 2. The number of hydrogen-bond acceptors (Lipinski definition) is 3. The number of benzene rings is 1. The second-order valence-corrected chi connectivity index (χ2v) is 5.46. The summed E-state index contributed by atoms with van der Waals surface area (Å²) in [6, 6.07) is 9.65. The van der Waals surface area contributed by atoms with Crippen LogP contribution in [0.3, 0.4) is 0 Å². The fourth-order valence-corrected chi connectivity index (χ4v) is 1.36. The molecule has 20 heavy (non-hydrogen) atoms. The molecule has 1 amide bonds. The van der Waals surface area contributed by atoms with Crippen molar-refractivity contribution in [2.45, 2.75) is 39.7 Å². The Labute approximate surface area is 119 Å². The van der Waals surface area contributed by atoms with Gasteiger partial charge in [-0.25, -0.2) is 4.79 Å². The predicted octanol–water partition coefficient (Wildman–Crippen LogP) is 2.83. The van der Waals surface area contributed by atoms with E-state index in [-0.39, 0.29) is 5.92 Å². The summed E-state index contributed by atoms with van der Waals surface area (Å²) in [5.74, 6) is -1.04. The quantitative estimate of drug-likeness (QED) is 0.891. The highest BCUT2D eigenvalue weighted by atomic mass is 16.6. The van der Waals surface area contributed by atoms with Crippen molar-refractivity contribution in [3.8, 4) is 0 Å². The van der Waals surface area contributed by atoms with E-state index in [0.29, 0.717) is 6.42 Å². The zero-order valence-electron chi connectivity index (χ0n) is 12.4. The Bertz CT molecular complexity index is 423. The standard InChI is InChI=1S/C10H12O2.C5H11NO2/c1-8(10(11)12)7-9-5-3-2-4-6-9;1-5(2,3)8-4(6)7/h2-6,8H,7H2,1H3,(H,11,12);1-3H3,(H2,6,7)/t8-;/m1./s1. The maximum atomic E-state index is 10.5. The van der Waals surface area contributed by atoms with Gasteiger partial charge in [-0.2, -0.15) is 0 Å². The van der Waals surface area contributed by atoms with Crippen molar-refractivity contribution in [1.29, 1.82) is 0 Å². The lowest BCUT2D eigenvalue weighted by molar-refractivity contribution is -0.141. The Morgan fingerprint density at radius 2 is 1.75 bits per heavy atom. The van der Waals surface area contributed by atoms with Crippen LogP contribution in [0.15, 0.2) is 30.3 Å². The Morgan fingerprint density at radius 1 is 1.25 bits per heavy atom. The average molecular weight is 281 g/mol. The number of primary amides is 1. The summed E-state index contributed by atoms with van der Waals surface area (Å²) < 4.78 is 4.58. The van der Waals surface area contributed by atoms with Gasteiger partial charge in [-0.05, 0) is 32.8 Å². The number of carboxylic acid groups (broad SMARTS) is 1. The zero-order chi connectivity index (χ0) is 15.8. The van der Waals surface area contributed by atoms with E-state index in [0.717, 1.165) is 5.56 Å². The number of carbonyl (C=O) groups excluding carboxylic acids is 1. The summed E-state index contributed by atoms with van der Waals surface area (Å²) in [4.78, 5) is 20.5. The van der Waals surface area contributed by atoms with Gasteiger partial charge in [0.05, 0.1) is 5.92 Å².